The Morgan fingerprint density at radius 3 is 2.57 bits per heavy atom. The second-order valence-electron chi connectivity index (χ2n) is 9.56. The number of piperidine rings is 1. The zero-order chi connectivity index (χ0) is 23.8. The van der Waals surface area contributed by atoms with Crippen molar-refractivity contribution in [1.29, 1.82) is 0 Å². The molecular formula is C26H31N5O3S. The number of oxazole rings is 1. The van der Waals surface area contributed by atoms with Gasteiger partial charge in [-0.25, -0.2) is 9.97 Å². The van der Waals surface area contributed by atoms with Crippen LogP contribution in [0.1, 0.15) is 48.9 Å². The third-order valence-corrected chi connectivity index (χ3v) is 8.68. The molecule has 9 heteroatoms. The molecule has 0 amide bonds. The zero-order valence-electron chi connectivity index (χ0n) is 20.0. The summed E-state index contributed by atoms with van der Waals surface area (Å²) in [4.78, 5) is 17.7. The summed E-state index contributed by atoms with van der Waals surface area (Å²) in [5.41, 5.74) is 2.95. The maximum Gasteiger partial charge on any atom is 0.227 e. The number of hydrogen-bond donors (Lipinski definition) is 1. The maximum atomic E-state index is 12.7. The van der Waals surface area contributed by atoms with Gasteiger partial charge in [-0.3, -0.25) is 0 Å². The fraction of sp³-hybridized carbons (Fsp3) is 0.500. The second kappa shape index (κ2) is 9.79. The summed E-state index contributed by atoms with van der Waals surface area (Å²) in [7, 11) is 0. The number of anilines is 2. The smallest absolute Gasteiger partial charge is 0.227 e. The Morgan fingerprint density at radius 2 is 1.80 bits per heavy atom. The predicted molar refractivity (Wildman–Crippen MR) is 135 cm³/mol. The van der Waals surface area contributed by atoms with Crippen molar-refractivity contribution in [3.05, 3.63) is 47.7 Å². The Kier molecular flexibility index (Phi) is 6.39. The molecule has 1 atom stereocenters. The summed E-state index contributed by atoms with van der Waals surface area (Å²) >= 11 is -1.03. The average molecular weight is 494 g/mol. The lowest BCUT2D eigenvalue weighted by atomic mass is 9.97. The van der Waals surface area contributed by atoms with Crippen molar-refractivity contribution in [3.63, 3.8) is 0 Å². The van der Waals surface area contributed by atoms with E-state index in [0.29, 0.717) is 11.8 Å². The van der Waals surface area contributed by atoms with E-state index in [-0.39, 0.29) is 5.92 Å². The summed E-state index contributed by atoms with van der Waals surface area (Å²) in [5, 5.41) is 3.57. The molecule has 5 heterocycles. The number of aryl methyl sites for hydroxylation is 2. The van der Waals surface area contributed by atoms with Gasteiger partial charge in [-0.15, -0.1) is 0 Å². The molecule has 0 aliphatic carbocycles. The normalized spacial score (nSPS) is 21.3. The highest BCUT2D eigenvalue weighted by molar-refractivity contribution is 7.91. The predicted octanol–water partition coefficient (Wildman–Crippen LogP) is 4.08. The minimum absolute atomic E-state index is 0.282. The maximum absolute atomic E-state index is 12.7. The Balaban J connectivity index is 1.18. The Labute approximate surface area is 208 Å². The molecule has 2 aromatic heterocycles. The van der Waals surface area contributed by atoms with Crippen molar-refractivity contribution in [2.24, 2.45) is 0 Å². The van der Waals surface area contributed by atoms with Crippen LogP contribution in [0.3, 0.4) is 0 Å². The van der Waals surface area contributed by atoms with E-state index in [0.717, 1.165) is 104 Å². The molecule has 8 nitrogen and oxygen atoms in total. The van der Waals surface area contributed by atoms with Gasteiger partial charge in [-0.2, -0.15) is 4.98 Å². The van der Waals surface area contributed by atoms with Gasteiger partial charge in [0.1, 0.15) is 22.9 Å². The zero-order valence-corrected chi connectivity index (χ0v) is 20.9. The molecule has 2 fully saturated rings. The standard InChI is InChI=1S/C26H31N5O3S/c1-17-22(18-5-3-2-4-6-18)29-25(34-17)19-7-12-31(13-8-19)26-28-21-11-16-35(32)23(21)24(30-26)27-20-9-14-33-15-10-20/h2-6,19-20H,7-16H2,1H3,(H,27,28,30)/t35-/m0/s1. The van der Waals surface area contributed by atoms with Crippen molar-refractivity contribution in [1.82, 2.24) is 15.0 Å². The minimum atomic E-state index is -1.03. The van der Waals surface area contributed by atoms with Gasteiger partial charge in [-0.05, 0) is 43.8 Å². The molecular weight excluding hydrogens is 462 g/mol. The highest BCUT2D eigenvalue weighted by Gasteiger charge is 2.35. The first kappa shape index (κ1) is 22.8. The molecule has 3 aromatic rings. The highest BCUT2D eigenvalue weighted by atomic mass is 32.2. The van der Waals surface area contributed by atoms with Crippen LogP contribution in [0.2, 0.25) is 0 Å². The first-order valence-corrected chi connectivity index (χ1v) is 13.9. The monoisotopic (exact) mass is 493 g/mol. The van der Waals surface area contributed by atoms with E-state index >= 15 is 0 Å². The summed E-state index contributed by atoms with van der Waals surface area (Å²) in [6.45, 7) is 5.17. The number of nitrogens with one attached hydrogen (secondary N) is 1. The van der Waals surface area contributed by atoms with Crippen LogP contribution < -0.4 is 10.2 Å². The molecule has 0 bridgehead atoms. The number of benzene rings is 1. The highest BCUT2D eigenvalue weighted by Crippen LogP contribution is 2.36. The lowest BCUT2D eigenvalue weighted by Gasteiger charge is -2.31. The molecule has 0 spiro atoms. The fourth-order valence-corrected chi connectivity index (χ4v) is 6.55. The van der Waals surface area contributed by atoms with Crippen LogP contribution in [0.25, 0.3) is 11.3 Å². The van der Waals surface area contributed by atoms with Crippen molar-refractivity contribution in [3.8, 4) is 11.3 Å². The van der Waals surface area contributed by atoms with E-state index in [1.54, 1.807) is 0 Å². The molecule has 0 unspecified atom stereocenters. The number of rotatable bonds is 5. The summed E-state index contributed by atoms with van der Waals surface area (Å²) < 4.78 is 24.3. The van der Waals surface area contributed by atoms with E-state index in [9.17, 15) is 4.55 Å². The quantitative estimate of drug-likeness (QED) is 0.531. The minimum Gasteiger partial charge on any atom is -0.611 e. The van der Waals surface area contributed by atoms with E-state index in [1.807, 2.05) is 25.1 Å². The van der Waals surface area contributed by atoms with Gasteiger partial charge in [0.15, 0.2) is 11.7 Å². The molecule has 6 rings (SSSR count). The molecule has 1 N–H and O–H groups in total. The average Bonchev–Trinajstić information content (AvgIpc) is 3.48. The Hall–Kier alpha value is -2.62. The molecule has 3 aliphatic heterocycles. The lowest BCUT2D eigenvalue weighted by molar-refractivity contribution is 0.0903. The van der Waals surface area contributed by atoms with Crippen LogP contribution in [0.5, 0.6) is 0 Å². The van der Waals surface area contributed by atoms with E-state index in [2.05, 4.69) is 22.3 Å². The summed E-state index contributed by atoms with van der Waals surface area (Å²) in [5.74, 6) is 4.10. The van der Waals surface area contributed by atoms with Crippen LogP contribution in [-0.4, -0.2) is 57.6 Å². The van der Waals surface area contributed by atoms with Gasteiger partial charge in [0.05, 0.1) is 0 Å². The Morgan fingerprint density at radius 1 is 1.03 bits per heavy atom. The molecule has 3 aliphatic rings. The summed E-state index contributed by atoms with van der Waals surface area (Å²) in [6, 6.07) is 10.5. The van der Waals surface area contributed by atoms with Crippen LogP contribution in [-0.2, 0) is 22.3 Å². The van der Waals surface area contributed by atoms with Gasteiger partial charge in [0.25, 0.3) is 0 Å². The lowest BCUT2D eigenvalue weighted by Crippen LogP contribution is -2.35. The van der Waals surface area contributed by atoms with Crippen LogP contribution >= 0.6 is 0 Å². The molecule has 0 saturated carbocycles. The third kappa shape index (κ3) is 4.64. The van der Waals surface area contributed by atoms with Crippen molar-refractivity contribution in [2.75, 3.05) is 42.3 Å². The molecule has 184 valence electrons. The van der Waals surface area contributed by atoms with Gasteiger partial charge in [-0.1, -0.05) is 30.3 Å². The molecule has 1 aromatic carbocycles. The molecule has 0 radical (unpaired) electrons. The van der Waals surface area contributed by atoms with E-state index < -0.39 is 11.2 Å². The largest absolute Gasteiger partial charge is 0.611 e. The first-order valence-electron chi connectivity index (χ1n) is 12.6. The first-order chi connectivity index (χ1) is 17.2. The van der Waals surface area contributed by atoms with Crippen molar-refractivity contribution < 1.29 is 13.7 Å². The van der Waals surface area contributed by atoms with Crippen molar-refractivity contribution in [2.45, 2.75) is 55.9 Å². The number of nitrogens with zero attached hydrogens (tertiary/aromatic N) is 4. The van der Waals surface area contributed by atoms with Crippen LogP contribution in [0.15, 0.2) is 39.6 Å². The van der Waals surface area contributed by atoms with Gasteiger partial charge in [0, 0.05) is 50.2 Å². The van der Waals surface area contributed by atoms with Gasteiger partial charge >= 0.3 is 0 Å². The topological polar surface area (TPSA) is 99.4 Å². The Bertz CT molecular complexity index is 1170. The van der Waals surface area contributed by atoms with Gasteiger partial charge < -0.3 is 23.9 Å². The van der Waals surface area contributed by atoms with Crippen molar-refractivity contribution >= 4 is 22.9 Å². The van der Waals surface area contributed by atoms with Gasteiger partial charge in [0.2, 0.25) is 10.8 Å². The second-order valence-corrected chi connectivity index (χ2v) is 11.1. The number of ether oxygens (including phenoxy) is 1. The third-order valence-electron chi connectivity index (χ3n) is 7.23. The number of aromatic nitrogens is 3. The van der Waals surface area contributed by atoms with E-state index in [1.165, 1.54) is 0 Å². The van der Waals surface area contributed by atoms with E-state index in [4.69, 9.17) is 24.1 Å². The molecule has 2 saturated heterocycles. The SMILES string of the molecule is Cc1oc(C2CCN(c3nc4c(c(NC5CCOCC5)n3)[S@@+]([O-])CC4)CC2)nc1-c1ccccc1. The summed E-state index contributed by atoms with van der Waals surface area (Å²) in [6.07, 6.45) is 4.49. The number of hydrogen-bond acceptors (Lipinski definition) is 8. The molecule has 35 heavy (non-hydrogen) atoms. The van der Waals surface area contributed by atoms with Crippen LogP contribution in [0, 0.1) is 6.92 Å². The fourth-order valence-electron chi connectivity index (χ4n) is 5.24. The number of fused-ring (bicyclic) bond motifs is 1. The van der Waals surface area contributed by atoms with Crippen LogP contribution in [0.4, 0.5) is 11.8 Å².